The summed E-state index contributed by atoms with van der Waals surface area (Å²) in [6.07, 6.45) is 5.29. The van der Waals surface area contributed by atoms with Crippen LogP contribution in [0.5, 0.6) is 5.75 Å². The normalized spacial score (nSPS) is 11.2. The molecule has 6 heteroatoms. The number of fused-ring (bicyclic) bond motifs is 1. The summed E-state index contributed by atoms with van der Waals surface area (Å²) in [4.78, 5) is 16.3. The third-order valence-corrected chi connectivity index (χ3v) is 4.71. The van der Waals surface area contributed by atoms with Crippen LogP contribution in [0.4, 0.5) is 5.69 Å². The van der Waals surface area contributed by atoms with E-state index < -0.39 is 0 Å². The highest BCUT2D eigenvalue weighted by Crippen LogP contribution is 2.38. The standard InChI is InChI=1S/C20H19N5O/c1-10-4-5-17(26)11(2)18(10)15-9-24-20-14(19(15)21)6-16(25-20)13-7-22-12(3)23-8-13/h4-9,26H,1-3H3,(H3,21,24,25). The summed E-state index contributed by atoms with van der Waals surface area (Å²) in [6.45, 7) is 5.73. The molecule has 0 fully saturated rings. The highest BCUT2D eigenvalue weighted by molar-refractivity contribution is 6.00. The average molecular weight is 345 g/mol. The fourth-order valence-electron chi connectivity index (χ4n) is 3.23. The molecule has 4 aromatic rings. The summed E-state index contributed by atoms with van der Waals surface area (Å²) in [5.41, 5.74) is 13.1. The maximum absolute atomic E-state index is 10.1. The van der Waals surface area contributed by atoms with E-state index in [0.717, 1.165) is 44.7 Å². The number of nitrogens with two attached hydrogens (primary N) is 1. The first-order chi connectivity index (χ1) is 12.5. The van der Waals surface area contributed by atoms with Gasteiger partial charge in [0.25, 0.3) is 0 Å². The van der Waals surface area contributed by atoms with E-state index in [-0.39, 0.29) is 5.75 Å². The SMILES string of the molecule is Cc1ncc(-c2cc3c(N)c(-c4c(C)ccc(O)c4C)cnc3[nH]2)cn1. The van der Waals surface area contributed by atoms with Gasteiger partial charge in [0, 0.05) is 35.1 Å². The van der Waals surface area contributed by atoms with Gasteiger partial charge in [-0.2, -0.15) is 0 Å². The van der Waals surface area contributed by atoms with Crippen LogP contribution in [-0.2, 0) is 0 Å². The van der Waals surface area contributed by atoms with Crippen molar-refractivity contribution >= 4 is 16.7 Å². The predicted octanol–water partition coefficient (Wildman–Crippen LogP) is 3.90. The van der Waals surface area contributed by atoms with Crippen LogP contribution in [0, 0.1) is 20.8 Å². The van der Waals surface area contributed by atoms with Gasteiger partial charge < -0.3 is 15.8 Å². The number of nitrogen functional groups attached to an aromatic ring is 1. The summed E-state index contributed by atoms with van der Waals surface area (Å²) in [5.74, 6) is 0.969. The lowest BCUT2D eigenvalue weighted by molar-refractivity contribution is 0.471. The number of aromatic nitrogens is 4. The number of rotatable bonds is 2. The zero-order valence-corrected chi connectivity index (χ0v) is 14.8. The molecular weight excluding hydrogens is 326 g/mol. The van der Waals surface area contributed by atoms with Gasteiger partial charge in [0.2, 0.25) is 0 Å². The van der Waals surface area contributed by atoms with Gasteiger partial charge in [-0.05, 0) is 49.6 Å². The van der Waals surface area contributed by atoms with Crippen molar-refractivity contribution in [2.24, 2.45) is 0 Å². The Kier molecular flexibility index (Phi) is 3.61. The number of H-pyrrole nitrogens is 1. The molecule has 0 atom stereocenters. The van der Waals surface area contributed by atoms with Crippen LogP contribution >= 0.6 is 0 Å². The van der Waals surface area contributed by atoms with E-state index in [1.165, 1.54) is 0 Å². The molecule has 0 amide bonds. The monoisotopic (exact) mass is 345 g/mol. The molecular formula is C20H19N5O. The topological polar surface area (TPSA) is 101 Å². The van der Waals surface area contributed by atoms with E-state index in [0.29, 0.717) is 11.3 Å². The molecule has 0 saturated carbocycles. The third kappa shape index (κ3) is 2.47. The number of pyridine rings is 1. The van der Waals surface area contributed by atoms with Crippen LogP contribution in [0.15, 0.2) is 36.8 Å². The second-order valence-corrected chi connectivity index (χ2v) is 6.45. The van der Waals surface area contributed by atoms with E-state index in [9.17, 15) is 5.11 Å². The summed E-state index contributed by atoms with van der Waals surface area (Å²) in [7, 11) is 0. The summed E-state index contributed by atoms with van der Waals surface area (Å²) < 4.78 is 0. The number of aromatic amines is 1. The number of hydrogen-bond donors (Lipinski definition) is 3. The molecule has 0 aliphatic rings. The summed E-state index contributed by atoms with van der Waals surface area (Å²) >= 11 is 0. The smallest absolute Gasteiger partial charge is 0.139 e. The van der Waals surface area contributed by atoms with Crippen LogP contribution in [0.3, 0.4) is 0 Å². The third-order valence-electron chi connectivity index (χ3n) is 4.71. The van der Waals surface area contributed by atoms with Crippen LogP contribution in [0.2, 0.25) is 0 Å². The molecule has 0 saturated heterocycles. The fraction of sp³-hybridized carbons (Fsp3) is 0.150. The number of nitrogens with zero attached hydrogens (tertiary/aromatic N) is 3. The fourth-order valence-corrected chi connectivity index (χ4v) is 3.23. The van der Waals surface area contributed by atoms with Crippen LogP contribution in [0.25, 0.3) is 33.4 Å². The first-order valence-corrected chi connectivity index (χ1v) is 8.31. The van der Waals surface area contributed by atoms with Crippen molar-refractivity contribution in [3.05, 3.63) is 53.7 Å². The molecule has 4 N–H and O–H groups in total. The predicted molar refractivity (Wildman–Crippen MR) is 103 cm³/mol. The van der Waals surface area contributed by atoms with Gasteiger partial charge in [0.15, 0.2) is 0 Å². The number of aryl methyl sites for hydroxylation is 2. The van der Waals surface area contributed by atoms with E-state index >= 15 is 0 Å². The Morgan fingerprint density at radius 3 is 2.46 bits per heavy atom. The average Bonchev–Trinajstić information content (AvgIpc) is 3.06. The molecule has 4 rings (SSSR count). The van der Waals surface area contributed by atoms with E-state index in [1.807, 2.05) is 32.9 Å². The van der Waals surface area contributed by atoms with Gasteiger partial charge in [0.05, 0.1) is 11.4 Å². The van der Waals surface area contributed by atoms with Crippen LogP contribution in [0.1, 0.15) is 17.0 Å². The van der Waals surface area contributed by atoms with Crippen molar-refractivity contribution in [1.82, 2.24) is 19.9 Å². The maximum Gasteiger partial charge on any atom is 0.139 e. The van der Waals surface area contributed by atoms with Crippen molar-refractivity contribution in [2.45, 2.75) is 20.8 Å². The minimum atomic E-state index is 0.247. The first-order valence-electron chi connectivity index (χ1n) is 8.31. The second-order valence-electron chi connectivity index (χ2n) is 6.45. The molecule has 1 aromatic carbocycles. The molecule has 0 unspecified atom stereocenters. The largest absolute Gasteiger partial charge is 0.508 e. The number of phenols is 1. The lowest BCUT2D eigenvalue weighted by Gasteiger charge is -2.13. The van der Waals surface area contributed by atoms with Crippen molar-refractivity contribution < 1.29 is 5.11 Å². The Morgan fingerprint density at radius 1 is 1.00 bits per heavy atom. The lowest BCUT2D eigenvalue weighted by atomic mass is 9.94. The summed E-state index contributed by atoms with van der Waals surface area (Å²) in [6, 6.07) is 5.54. The number of aromatic hydroxyl groups is 1. The van der Waals surface area contributed by atoms with Crippen LogP contribution < -0.4 is 5.73 Å². The Labute approximate surface area is 150 Å². The van der Waals surface area contributed by atoms with Gasteiger partial charge in [-0.25, -0.2) is 15.0 Å². The Morgan fingerprint density at radius 2 is 1.73 bits per heavy atom. The number of benzene rings is 1. The molecule has 0 spiro atoms. The van der Waals surface area contributed by atoms with Crippen molar-refractivity contribution in [1.29, 1.82) is 0 Å². The van der Waals surface area contributed by atoms with Crippen molar-refractivity contribution in [3.8, 4) is 28.1 Å². The van der Waals surface area contributed by atoms with Crippen molar-refractivity contribution in [2.75, 3.05) is 5.73 Å². The minimum absolute atomic E-state index is 0.247. The maximum atomic E-state index is 10.1. The molecule has 6 nitrogen and oxygen atoms in total. The Bertz CT molecular complexity index is 1130. The van der Waals surface area contributed by atoms with E-state index in [4.69, 9.17) is 5.73 Å². The van der Waals surface area contributed by atoms with Crippen LogP contribution in [-0.4, -0.2) is 25.0 Å². The molecule has 130 valence electrons. The Hall–Kier alpha value is -3.41. The van der Waals surface area contributed by atoms with Gasteiger partial charge in [0.1, 0.15) is 17.2 Å². The zero-order valence-electron chi connectivity index (χ0n) is 14.8. The first kappa shape index (κ1) is 16.1. The lowest BCUT2D eigenvalue weighted by Crippen LogP contribution is -1.96. The number of hydrogen-bond acceptors (Lipinski definition) is 5. The number of nitrogens with one attached hydrogen (secondary N) is 1. The molecule has 26 heavy (non-hydrogen) atoms. The Balaban J connectivity index is 1.91. The molecule has 0 radical (unpaired) electrons. The zero-order chi connectivity index (χ0) is 18.4. The van der Waals surface area contributed by atoms with Gasteiger partial charge in [-0.1, -0.05) is 6.07 Å². The quantitative estimate of drug-likeness (QED) is 0.511. The second kappa shape index (κ2) is 5.84. The highest BCUT2D eigenvalue weighted by atomic mass is 16.3. The molecule has 0 aliphatic carbocycles. The number of phenolic OH excluding ortho intramolecular Hbond substituents is 1. The molecule has 3 heterocycles. The van der Waals surface area contributed by atoms with E-state index in [1.54, 1.807) is 24.7 Å². The minimum Gasteiger partial charge on any atom is -0.508 e. The molecule has 0 aliphatic heterocycles. The van der Waals surface area contributed by atoms with Gasteiger partial charge in [-0.15, -0.1) is 0 Å². The highest BCUT2D eigenvalue weighted by Gasteiger charge is 2.16. The molecule has 3 aromatic heterocycles. The molecule has 0 bridgehead atoms. The van der Waals surface area contributed by atoms with E-state index in [2.05, 4.69) is 19.9 Å². The number of anilines is 1. The van der Waals surface area contributed by atoms with Crippen molar-refractivity contribution in [3.63, 3.8) is 0 Å². The van der Waals surface area contributed by atoms with Gasteiger partial charge >= 0.3 is 0 Å². The summed E-state index contributed by atoms with van der Waals surface area (Å²) in [5, 5.41) is 10.9. The van der Waals surface area contributed by atoms with Gasteiger partial charge in [-0.3, -0.25) is 0 Å².